The summed E-state index contributed by atoms with van der Waals surface area (Å²) in [5, 5.41) is 0. The number of rotatable bonds is 7. The number of nitrogens with zero attached hydrogens (tertiary/aromatic N) is 2. The van der Waals surface area contributed by atoms with Crippen molar-refractivity contribution in [3.8, 4) is 5.88 Å². The van der Waals surface area contributed by atoms with E-state index in [-0.39, 0.29) is 11.4 Å². The van der Waals surface area contributed by atoms with Crippen LogP contribution in [0.25, 0.3) is 0 Å². The van der Waals surface area contributed by atoms with Crippen LogP contribution in [0.5, 0.6) is 5.88 Å². The van der Waals surface area contributed by atoms with Gasteiger partial charge in [-0.1, -0.05) is 13.0 Å². The van der Waals surface area contributed by atoms with Crippen LogP contribution in [-0.2, 0) is 14.8 Å². The summed E-state index contributed by atoms with van der Waals surface area (Å²) in [4.78, 5) is 4.17. The Kier molecular flexibility index (Phi) is 5.96. The fourth-order valence-corrected chi connectivity index (χ4v) is 5.53. The molecule has 1 aromatic heterocycles. The molecule has 6 nitrogen and oxygen atoms in total. The Morgan fingerprint density at radius 1 is 1.36 bits per heavy atom. The molecule has 140 valence electrons. The molecule has 0 aliphatic carbocycles. The molecule has 0 unspecified atom stereocenters. The molecule has 25 heavy (non-hydrogen) atoms. The lowest BCUT2D eigenvalue weighted by atomic mass is 9.78. The van der Waals surface area contributed by atoms with Crippen LogP contribution in [0.3, 0.4) is 0 Å². The molecular weight excluding hydrogens is 340 g/mol. The summed E-state index contributed by atoms with van der Waals surface area (Å²) >= 11 is 0. The number of hydrogen-bond acceptors (Lipinski definition) is 5. The highest BCUT2D eigenvalue weighted by Crippen LogP contribution is 2.42. The average Bonchev–Trinajstić information content (AvgIpc) is 2.98. The first-order valence-electron chi connectivity index (χ1n) is 9.21. The third-order valence-electron chi connectivity index (χ3n) is 5.38. The lowest BCUT2D eigenvalue weighted by Gasteiger charge is -2.41. The average molecular weight is 368 g/mol. The van der Waals surface area contributed by atoms with E-state index in [1.807, 2.05) is 25.1 Å². The molecule has 2 aliphatic rings. The fraction of sp³-hybridized carbons (Fsp3) is 0.722. The minimum atomic E-state index is -3.11. The van der Waals surface area contributed by atoms with E-state index < -0.39 is 10.0 Å². The first-order chi connectivity index (χ1) is 12.1. The molecule has 0 bridgehead atoms. The molecule has 0 amide bonds. The first-order valence-corrected chi connectivity index (χ1v) is 10.8. The zero-order valence-electron chi connectivity index (χ0n) is 14.9. The molecule has 2 saturated heterocycles. The van der Waals surface area contributed by atoms with Gasteiger partial charge in [-0.25, -0.2) is 17.7 Å². The molecule has 3 rings (SSSR count). The normalized spacial score (nSPS) is 23.8. The lowest BCUT2D eigenvalue weighted by Crippen LogP contribution is -2.50. The van der Waals surface area contributed by atoms with E-state index in [2.05, 4.69) is 4.98 Å². The van der Waals surface area contributed by atoms with Gasteiger partial charge in [-0.05, 0) is 44.1 Å². The Balaban J connectivity index is 1.53. The standard InChI is InChI=1S/C18H28N2O4S/c1-2-15-25(21,22)20-11-8-18(9-12-20)16(7-14-24-18)6-13-23-17-5-3-4-10-19-17/h3-5,10,16H,2,6-9,11-15H2,1H3/t16-/m1/s1. The van der Waals surface area contributed by atoms with Gasteiger partial charge in [0.2, 0.25) is 15.9 Å². The van der Waals surface area contributed by atoms with Crippen molar-refractivity contribution in [1.82, 2.24) is 9.29 Å². The van der Waals surface area contributed by atoms with Crippen LogP contribution in [0.4, 0.5) is 0 Å². The fourth-order valence-electron chi connectivity index (χ4n) is 4.01. The predicted molar refractivity (Wildman–Crippen MR) is 96.0 cm³/mol. The van der Waals surface area contributed by atoms with Crippen molar-refractivity contribution < 1.29 is 17.9 Å². The van der Waals surface area contributed by atoms with Crippen molar-refractivity contribution in [3.63, 3.8) is 0 Å². The van der Waals surface area contributed by atoms with E-state index in [0.29, 0.717) is 37.9 Å². The molecule has 3 heterocycles. The molecule has 0 saturated carbocycles. The third kappa shape index (κ3) is 4.33. The van der Waals surface area contributed by atoms with E-state index in [4.69, 9.17) is 9.47 Å². The van der Waals surface area contributed by atoms with Crippen LogP contribution in [0.1, 0.15) is 39.0 Å². The SMILES string of the molecule is CCCS(=O)(=O)N1CCC2(CC1)OCC[C@H]2CCOc1ccccn1. The topological polar surface area (TPSA) is 68.7 Å². The number of hydrogen-bond donors (Lipinski definition) is 0. The van der Waals surface area contributed by atoms with Gasteiger partial charge in [0, 0.05) is 32.0 Å². The van der Waals surface area contributed by atoms with E-state index in [0.717, 1.165) is 32.3 Å². The molecule has 1 atom stereocenters. The molecular formula is C18H28N2O4S. The van der Waals surface area contributed by atoms with Crippen molar-refractivity contribution in [2.45, 2.75) is 44.6 Å². The van der Waals surface area contributed by atoms with E-state index in [9.17, 15) is 8.42 Å². The van der Waals surface area contributed by atoms with Gasteiger partial charge in [0.1, 0.15) is 0 Å². The van der Waals surface area contributed by atoms with Gasteiger partial charge < -0.3 is 9.47 Å². The molecule has 7 heteroatoms. The monoisotopic (exact) mass is 368 g/mol. The Bertz CT molecular complexity index is 642. The van der Waals surface area contributed by atoms with Gasteiger partial charge in [0.25, 0.3) is 0 Å². The van der Waals surface area contributed by atoms with Crippen molar-refractivity contribution in [3.05, 3.63) is 24.4 Å². The lowest BCUT2D eigenvalue weighted by molar-refractivity contribution is -0.0589. The second-order valence-corrected chi connectivity index (χ2v) is 9.01. The van der Waals surface area contributed by atoms with E-state index >= 15 is 0 Å². The van der Waals surface area contributed by atoms with Gasteiger partial charge in [-0.2, -0.15) is 0 Å². The molecule has 2 aliphatic heterocycles. The van der Waals surface area contributed by atoms with Crippen molar-refractivity contribution in [2.75, 3.05) is 32.1 Å². The highest BCUT2D eigenvalue weighted by molar-refractivity contribution is 7.89. The maximum atomic E-state index is 12.3. The number of ether oxygens (including phenoxy) is 2. The summed E-state index contributed by atoms with van der Waals surface area (Å²) < 4.78 is 38.0. The number of sulfonamides is 1. The molecule has 0 radical (unpaired) electrons. The Hall–Kier alpha value is -1.18. The Labute approximate surface area is 150 Å². The largest absolute Gasteiger partial charge is 0.478 e. The van der Waals surface area contributed by atoms with Crippen molar-refractivity contribution in [2.24, 2.45) is 5.92 Å². The van der Waals surface area contributed by atoms with Crippen LogP contribution in [0.2, 0.25) is 0 Å². The quantitative estimate of drug-likeness (QED) is 0.739. The predicted octanol–water partition coefficient (Wildman–Crippen LogP) is 2.46. The van der Waals surface area contributed by atoms with Crippen LogP contribution in [0, 0.1) is 5.92 Å². The van der Waals surface area contributed by atoms with E-state index in [1.165, 1.54) is 0 Å². The maximum absolute atomic E-state index is 12.3. The molecule has 0 aromatic carbocycles. The van der Waals surface area contributed by atoms with Gasteiger partial charge in [0.05, 0.1) is 18.0 Å². The third-order valence-corrected chi connectivity index (χ3v) is 7.45. The summed E-state index contributed by atoms with van der Waals surface area (Å²) in [7, 11) is -3.11. The molecule has 0 N–H and O–H groups in total. The highest BCUT2D eigenvalue weighted by Gasteiger charge is 2.47. The molecule has 2 fully saturated rings. The summed E-state index contributed by atoms with van der Waals surface area (Å²) in [5.74, 6) is 1.31. The number of aromatic nitrogens is 1. The van der Waals surface area contributed by atoms with Crippen LogP contribution < -0.4 is 4.74 Å². The Morgan fingerprint density at radius 3 is 2.84 bits per heavy atom. The maximum Gasteiger partial charge on any atom is 0.214 e. The van der Waals surface area contributed by atoms with Gasteiger partial charge >= 0.3 is 0 Å². The van der Waals surface area contributed by atoms with Gasteiger partial charge in [-0.15, -0.1) is 0 Å². The number of piperidine rings is 1. The first kappa shape index (κ1) is 18.6. The summed E-state index contributed by atoms with van der Waals surface area (Å²) in [6.45, 7) is 4.42. The second-order valence-electron chi connectivity index (χ2n) is 6.92. The molecule has 1 spiro atoms. The summed E-state index contributed by atoms with van der Waals surface area (Å²) in [5.41, 5.74) is -0.175. The second kappa shape index (κ2) is 8.01. The van der Waals surface area contributed by atoms with Crippen LogP contribution >= 0.6 is 0 Å². The number of pyridine rings is 1. The minimum Gasteiger partial charge on any atom is -0.478 e. The Morgan fingerprint density at radius 2 is 2.16 bits per heavy atom. The van der Waals surface area contributed by atoms with Crippen molar-refractivity contribution >= 4 is 10.0 Å². The van der Waals surface area contributed by atoms with Crippen LogP contribution in [-0.4, -0.2) is 55.4 Å². The smallest absolute Gasteiger partial charge is 0.214 e. The van der Waals surface area contributed by atoms with Crippen molar-refractivity contribution in [1.29, 1.82) is 0 Å². The zero-order valence-corrected chi connectivity index (χ0v) is 15.7. The summed E-state index contributed by atoms with van der Waals surface area (Å²) in [6, 6.07) is 5.64. The summed E-state index contributed by atoms with van der Waals surface area (Å²) in [6.07, 6.45) is 5.88. The highest BCUT2D eigenvalue weighted by atomic mass is 32.2. The molecule has 1 aromatic rings. The zero-order chi connectivity index (χ0) is 17.8. The van der Waals surface area contributed by atoms with E-state index in [1.54, 1.807) is 10.5 Å². The van der Waals surface area contributed by atoms with Crippen LogP contribution in [0.15, 0.2) is 24.4 Å². The minimum absolute atomic E-state index is 0.175. The van der Waals surface area contributed by atoms with Gasteiger partial charge in [-0.3, -0.25) is 0 Å². The van der Waals surface area contributed by atoms with Gasteiger partial charge in [0.15, 0.2) is 0 Å².